The van der Waals surface area contributed by atoms with E-state index in [0.717, 1.165) is 66.3 Å². The van der Waals surface area contributed by atoms with Crippen LogP contribution in [0.3, 0.4) is 0 Å². The van der Waals surface area contributed by atoms with Crippen LogP contribution in [0.1, 0.15) is 94.4 Å². The highest BCUT2D eigenvalue weighted by Gasteiger charge is 2.39. The molecule has 0 amide bonds. The number of aryl methyl sites for hydroxylation is 2. The molecule has 44 heavy (non-hydrogen) atoms. The summed E-state index contributed by atoms with van der Waals surface area (Å²) in [4.78, 5) is 23.5. The molecule has 9 heteroatoms. The zero-order valence-electron chi connectivity index (χ0n) is 25.6. The maximum Gasteiger partial charge on any atom is 0.354 e. The van der Waals surface area contributed by atoms with E-state index in [4.69, 9.17) is 25.4 Å². The quantitative estimate of drug-likeness (QED) is 0.271. The number of aromatic carboxylic acids is 1. The van der Waals surface area contributed by atoms with Crippen molar-refractivity contribution in [2.45, 2.75) is 82.7 Å². The van der Waals surface area contributed by atoms with Gasteiger partial charge in [-0.3, -0.25) is 4.90 Å². The first kappa shape index (κ1) is 29.1. The number of likely N-dealkylation sites (tertiary alicyclic amines) is 1. The van der Waals surface area contributed by atoms with Crippen molar-refractivity contribution in [3.05, 3.63) is 87.9 Å². The van der Waals surface area contributed by atoms with Crippen molar-refractivity contribution < 1.29 is 14.6 Å². The summed E-state index contributed by atoms with van der Waals surface area (Å²) in [5.41, 5.74) is 6.06. The number of para-hydroxylation sites is 1. The Bertz CT molecular complexity index is 1730. The molecule has 2 atom stereocenters. The van der Waals surface area contributed by atoms with E-state index in [1.54, 1.807) is 12.1 Å². The van der Waals surface area contributed by atoms with Crippen LogP contribution in [0, 0.1) is 19.8 Å². The van der Waals surface area contributed by atoms with Crippen LogP contribution in [0.4, 0.5) is 0 Å². The van der Waals surface area contributed by atoms with E-state index in [2.05, 4.69) is 64.7 Å². The molecule has 1 saturated carbocycles. The van der Waals surface area contributed by atoms with Gasteiger partial charge in [-0.2, -0.15) is 0 Å². The molecule has 4 radical (unpaired) electrons. The summed E-state index contributed by atoms with van der Waals surface area (Å²) < 4.78 is 8.93. The number of rotatable bonds is 7. The van der Waals surface area contributed by atoms with Crippen LogP contribution < -0.4 is 4.74 Å². The molecule has 1 N–H and O–H groups in total. The summed E-state index contributed by atoms with van der Waals surface area (Å²) in [6.45, 7) is 7.57. The summed E-state index contributed by atoms with van der Waals surface area (Å²) in [5.74, 6) is 1.54. The predicted octanol–water partition coefficient (Wildman–Crippen LogP) is 5.94. The minimum absolute atomic E-state index is 0.0618. The summed E-state index contributed by atoms with van der Waals surface area (Å²) >= 11 is 0. The number of carbonyl (C=O) groups is 1. The van der Waals surface area contributed by atoms with Gasteiger partial charge < -0.3 is 14.4 Å². The van der Waals surface area contributed by atoms with Crippen molar-refractivity contribution in [3.8, 4) is 5.75 Å². The van der Waals surface area contributed by atoms with Crippen molar-refractivity contribution in [2.75, 3.05) is 13.1 Å². The second-order valence-corrected chi connectivity index (χ2v) is 13.2. The number of imidazole rings is 1. The Hall–Kier alpha value is -3.58. The van der Waals surface area contributed by atoms with E-state index in [0.29, 0.717) is 30.4 Å². The Balaban J connectivity index is 1.11. The molecule has 2 aromatic heterocycles. The molecule has 7 rings (SSSR count). The zero-order valence-corrected chi connectivity index (χ0v) is 25.6. The van der Waals surface area contributed by atoms with Gasteiger partial charge in [-0.1, -0.05) is 48.4 Å². The van der Waals surface area contributed by atoms with E-state index in [1.807, 2.05) is 0 Å². The number of piperidine rings is 1. The van der Waals surface area contributed by atoms with Crippen LogP contribution >= 0.6 is 0 Å². The number of aromatic nitrogens is 3. The molecule has 7 nitrogen and oxygen atoms in total. The van der Waals surface area contributed by atoms with Gasteiger partial charge in [-0.05, 0) is 111 Å². The fourth-order valence-corrected chi connectivity index (χ4v) is 7.43. The highest BCUT2D eigenvalue weighted by atomic mass is 16.5. The molecule has 4 heterocycles. The van der Waals surface area contributed by atoms with Crippen LogP contribution in [-0.2, 0) is 18.6 Å². The van der Waals surface area contributed by atoms with E-state index in [9.17, 15) is 9.90 Å². The largest absolute Gasteiger partial charge is 0.492 e. The third-order valence-corrected chi connectivity index (χ3v) is 10.1. The summed E-state index contributed by atoms with van der Waals surface area (Å²) in [7, 11) is 13.8. The molecule has 0 bridgehead atoms. The minimum atomic E-state index is -1.01. The highest BCUT2D eigenvalue weighted by molar-refractivity contribution is 6.18. The van der Waals surface area contributed by atoms with E-state index < -0.39 is 11.5 Å². The van der Waals surface area contributed by atoms with Crippen LogP contribution in [-0.4, -0.2) is 59.3 Å². The average molecular weight is 584 g/mol. The fraction of sp³-hybridized carbons (Fsp3) is 0.457. The van der Waals surface area contributed by atoms with Crippen LogP contribution in [0.5, 0.6) is 5.75 Å². The van der Waals surface area contributed by atoms with Crippen molar-refractivity contribution >= 4 is 32.8 Å². The lowest BCUT2D eigenvalue weighted by atomic mass is 9.61. The molecule has 2 fully saturated rings. The van der Waals surface area contributed by atoms with Crippen molar-refractivity contribution in [1.82, 2.24) is 19.4 Å². The molecule has 222 valence electrons. The number of pyridine rings is 1. The summed E-state index contributed by atoms with van der Waals surface area (Å²) in [6.07, 6.45) is 6.15. The molecule has 4 aromatic rings. The lowest BCUT2D eigenvalue weighted by Crippen LogP contribution is -2.40. The van der Waals surface area contributed by atoms with Gasteiger partial charge in [0, 0.05) is 6.54 Å². The Morgan fingerprint density at radius 3 is 2.52 bits per heavy atom. The van der Waals surface area contributed by atoms with Crippen molar-refractivity contribution in [3.63, 3.8) is 0 Å². The average Bonchev–Trinajstić information content (AvgIpc) is 3.30. The number of ether oxygens (including phenoxy) is 1. The fourth-order valence-electron chi connectivity index (χ4n) is 7.43. The van der Waals surface area contributed by atoms with Crippen LogP contribution in [0.25, 0.3) is 11.2 Å². The maximum absolute atomic E-state index is 11.6. The monoisotopic (exact) mass is 584 g/mol. The van der Waals surface area contributed by atoms with Gasteiger partial charge in [-0.25, -0.2) is 14.8 Å². The lowest BCUT2D eigenvalue weighted by Gasteiger charge is -2.43. The molecule has 1 aliphatic carbocycles. The van der Waals surface area contributed by atoms with Gasteiger partial charge in [0.2, 0.25) is 0 Å². The van der Waals surface area contributed by atoms with Gasteiger partial charge in [0.25, 0.3) is 0 Å². The molecular formula is C35H38B2N4O3. The molecule has 2 aliphatic heterocycles. The SMILES string of the molecule is [B]C1C[C@]([B])(c2ccc(C)cc2C)Oc2c1cccc2C1CCN(Cc2nc3ccc(C(=O)O)nc3n2CC2CCC2)CC1. The first-order valence-corrected chi connectivity index (χ1v) is 15.9. The van der Waals surface area contributed by atoms with Gasteiger partial charge >= 0.3 is 5.97 Å². The Kier molecular flexibility index (Phi) is 7.56. The van der Waals surface area contributed by atoms with Crippen LogP contribution in [0.2, 0.25) is 0 Å². The smallest absolute Gasteiger partial charge is 0.354 e. The lowest BCUT2D eigenvalue weighted by molar-refractivity contribution is 0.0690. The second-order valence-electron chi connectivity index (χ2n) is 13.2. The summed E-state index contributed by atoms with van der Waals surface area (Å²) in [6, 6.07) is 16.0. The molecule has 2 aromatic carbocycles. The van der Waals surface area contributed by atoms with E-state index in [-0.39, 0.29) is 11.5 Å². The number of carboxylic acids is 1. The van der Waals surface area contributed by atoms with Crippen molar-refractivity contribution in [2.24, 2.45) is 5.92 Å². The molecule has 3 aliphatic rings. The number of hydrogen-bond acceptors (Lipinski definition) is 5. The van der Waals surface area contributed by atoms with E-state index >= 15 is 0 Å². The first-order valence-electron chi connectivity index (χ1n) is 15.9. The topological polar surface area (TPSA) is 80.5 Å². The molecule has 1 unspecified atom stereocenters. The Labute approximate surface area is 261 Å². The minimum Gasteiger partial charge on any atom is -0.492 e. The van der Waals surface area contributed by atoms with Gasteiger partial charge in [0.05, 0.1) is 19.9 Å². The van der Waals surface area contributed by atoms with Crippen molar-refractivity contribution in [1.29, 1.82) is 0 Å². The van der Waals surface area contributed by atoms with Gasteiger partial charge in [0.15, 0.2) is 11.3 Å². The zero-order chi connectivity index (χ0) is 30.6. The number of benzene rings is 2. The number of carboxylic acid groups (broad SMARTS) is 1. The summed E-state index contributed by atoms with van der Waals surface area (Å²) in [5, 5.41) is 9.54. The second kappa shape index (κ2) is 11.4. The normalized spacial score (nSPS) is 22.8. The molecular weight excluding hydrogens is 546 g/mol. The Morgan fingerprint density at radius 2 is 1.82 bits per heavy atom. The van der Waals surface area contributed by atoms with E-state index in [1.165, 1.54) is 30.4 Å². The predicted molar refractivity (Wildman–Crippen MR) is 173 cm³/mol. The third-order valence-electron chi connectivity index (χ3n) is 10.1. The number of hydrogen-bond donors (Lipinski definition) is 1. The number of nitrogens with zero attached hydrogens (tertiary/aromatic N) is 4. The third kappa shape index (κ3) is 5.33. The Morgan fingerprint density at radius 1 is 1.05 bits per heavy atom. The molecule has 0 spiro atoms. The first-order chi connectivity index (χ1) is 21.2. The van der Waals surface area contributed by atoms with Gasteiger partial charge in [-0.15, -0.1) is 0 Å². The number of fused-ring (bicyclic) bond motifs is 2. The van der Waals surface area contributed by atoms with Gasteiger partial charge in [0.1, 0.15) is 24.9 Å². The maximum atomic E-state index is 11.6. The van der Waals surface area contributed by atoms with Crippen LogP contribution in [0.15, 0.2) is 48.5 Å². The molecule has 1 saturated heterocycles. The standard InChI is InChI=1S/C35H38B2N4O3/c1-21-9-10-27(22(2)17-21)35(37)18-28(36)26-8-4-7-25(32(26)44-35)24-13-15-40(16-14-24)20-31-38-29-11-12-30(34(42)43)39-33(29)41(31)19-23-5-3-6-23/h4,7-12,17,23-24,28H,3,5-6,13-16,18-20H2,1-2H3,(H,42,43)/t28?,35-/m1/s1. The highest BCUT2D eigenvalue weighted by Crippen LogP contribution is 2.48.